The van der Waals surface area contributed by atoms with Gasteiger partial charge in [0, 0.05) is 6.04 Å². The second-order valence-electron chi connectivity index (χ2n) is 5.55. The van der Waals surface area contributed by atoms with E-state index in [9.17, 15) is 8.42 Å². The largest absolute Gasteiger partial charge is 0.313 e. The monoisotopic (exact) mass is 297 g/mol. The molecule has 0 fully saturated rings. The van der Waals surface area contributed by atoms with E-state index in [2.05, 4.69) is 26.1 Å². The summed E-state index contributed by atoms with van der Waals surface area (Å²) in [5, 5.41) is 3.26. The Bertz CT molecular complexity index is 486. The molecular formula is C16H27NO2S. The van der Waals surface area contributed by atoms with Crippen molar-refractivity contribution in [3.8, 4) is 0 Å². The molecule has 1 rings (SSSR count). The number of hydrogen-bond acceptors (Lipinski definition) is 3. The zero-order valence-corrected chi connectivity index (χ0v) is 13.8. The molecule has 0 saturated carbocycles. The van der Waals surface area contributed by atoms with Crippen molar-refractivity contribution in [2.45, 2.75) is 57.4 Å². The highest BCUT2D eigenvalue weighted by Crippen LogP contribution is 2.19. The zero-order valence-electron chi connectivity index (χ0n) is 13.0. The zero-order chi connectivity index (χ0) is 15.2. The lowest BCUT2D eigenvalue weighted by Crippen LogP contribution is -2.35. The molecule has 0 aliphatic heterocycles. The molecule has 20 heavy (non-hydrogen) atoms. The van der Waals surface area contributed by atoms with Gasteiger partial charge in [-0.2, -0.15) is 0 Å². The van der Waals surface area contributed by atoms with Gasteiger partial charge in [0.2, 0.25) is 0 Å². The summed E-state index contributed by atoms with van der Waals surface area (Å²) in [6, 6.07) is 7.35. The van der Waals surface area contributed by atoms with Crippen LogP contribution in [0.1, 0.15) is 52.0 Å². The predicted molar refractivity (Wildman–Crippen MR) is 85.0 cm³/mol. The molecule has 0 amide bonds. The Kier molecular flexibility index (Phi) is 6.69. The van der Waals surface area contributed by atoms with Gasteiger partial charge in [-0.05, 0) is 36.6 Å². The van der Waals surface area contributed by atoms with Crippen molar-refractivity contribution >= 4 is 9.84 Å². The fraction of sp³-hybridized carbons (Fsp3) is 0.625. The van der Waals surface area contributed by atoms with E-state index in [0.717, 1.165) is 19.4 Å². The Morgan fingerprint density at radius 3 is 2.15 bits per heavy atom. The van der Waals surface area contributed by atoms with Gasteiger partial charge in [0.1, 0.15) is 0 Å². The Labute approximate surface area is 123 Å². The third-order valence-corrected chi connectivity index (χ3v) is 5.29. The van der Waals surface area contributed by atoms with Crippen LogP contribution < -0.4 is 5.32 Å². The fourth-order valence-corrected chi connectivity index (χ4v) is 3.86. The van der Waals surface area contributed by atoms with Crippen molar-refractivity contribution < 1.29 is 8.42 Å². The molecule has 114 valence electrons. The molecule has 3 nitrogen and oxygen atoms in total. The SMILES string of the molecule is CCCC(CS(=O)(=O)c1ccc(C(C)C)cc1)NCC. The minimum absolute atomic E-state index is 0.0415. The maximum Gasteiger partial charge on any atom is 0.179 e. The van der Waals surface area contributed by atoms with Gasteiger partial charge in [-0.1, -0.05) is 46.2 Å². The van der Waals surface area contributed by atoms with Crippen LogP contribution in [-0.4, -0.2) is 26.8 Å². The standard InChI is InChI=1S/C16H27NO2S/c1-5-7-15(17-6-2)12-20(18,19)16-10-8-14(9-11-16)13(3)4/h8-11,13,15,17H,5-7,12H2,1-4H3. The smallest absolute Gasteiger partial charge is 0.179 e. The van der Waals surface area contributed by atoms with Crippen molar-refractivity contribution in [1.29, 1.82) is 0 Å². The summed E-state index contributed by atoms with van der Waals surface area (Å²) in [4.78, 5) is 0.431. The van der Waals surface area contributed by atoms with Gasteiger partial charge in [0.15, 0.2) is 9.84 Å². The van der Waals surface area contributed by atoms with E-state index >= 15 is 0 Å². The van der Waals surface area contributed by atoms with Crippen LogP contribution >= 0.6 is 0 Å². The first kappa shape index (κ1) is 17.2. The van der Waals surface area contributed by atoms with Crippen molar-refractivity contribution in [1.82, 2.24) is 5.32 Å². The molecule has 1 atom stereocenters. The van der Waals surface area contributed by atoms with Gasteiger partial charge in [-0.25, -0.2) is 8.42 Å². The first-order valence-corrected chi connectivity index (χ1v) is 9.12. The molecule has 1 N–H and O–H groups in total. The van der Waals surface area contributed by atoms with Crippen molar-refractivity contribution in [2.24, 2.45) is 0 Å². The van der Waals surface area contributed by atoms with Gasteiger partial charge >= 0.3 is 0 Å². The first-order chi connectivity index (χ1) is 9.40. The van der Waals surface area contributed by atoms with E-state index in [1.165, 1.54) is 5.56 Å². The molecule has 1 aromatic carbocycles. The van der Waals surface area contributed by atoms with Crippen LogP contribution in [0.15, 0.2) is 29.2 Å². The van der Waals surface area contributed by atoms with Crippen molar-refractivity contribution in [3.63, 3.8) is 0 Å². The van der Waals surface area contributed by atoms with E-state index in [-0.39, 0.29) is 11.8 Å². The van der Waals surface area contributed by atoms with Gasteiger partial charge in [-0.15, -0.1) is 0 Å². The minimum atomic E-state index is -3.21. The Hall–Kier alpha value is -0.870. The average Bonchev–Trinajstić information content (AvgIpc) is 2.39. The van der Waals surface area contributed by atoms with E-state index in [1.807, 2.05) is 19.1 Å². The predicted octanol–water partition coefficient (Wildman–Crippen LogP) is 3.36. The van der Waals surface area contributed by atoms with Crippen LogP contribution in [0.5, 0.6) is 0 Å². The van der Waals surface area contributed by atoms with Crippen LogP contribution in [-0.2, 0) is 9.84 Å². The molecule has 0 saturated heterocycles. The highest BCUT2D eigenvalue weighted by Gasteiger charge is 2.20. The number of sulfone groups is 1. The molecule has 4 heteroatoms. The van der Waals surface area contributed by atoms with Gasteiger partial charge < -0.3 is 5.32 Å². The Balaban J connectivity index is 2.86. The average molecular weight is 297 g/mol. The molecule has 1 aromatic rings. The number of hydrogen-bond donors (Lipinski definition) is 1. The van der Waals surface area contributed by atoms with Crippen molar-refractivity contribution in [2.75, 3.05) is 12.3 Å². The second kappa shape index (κ2) is 7.79. The molecule has 0 aliphatic carbocycles. The number of benzene rings is 1. The van der Waals surface area contributed by atoms with Crippen LogP contribution in [0.4, 0.5) is 0 Å². The number of nitrogens with one attached hydrogen (secondary N) is 1. The molecular weight excluding hydrogens is 270 g/mol. The quantitative estimate of drug-likeness (QED) is 0.800. The van der Waals surface area contributed by atoms with Crippen molar-refractivity contribution in [3.05, 3.63) is 29.8 Å². The highest BCUT2D eigenvalue weighted by molar-refractivity contribution is 7.91. The molecule has 0 aliphatic rings. The Morgan fingerprint density at radius 2 is 1.70 bits per heavy atom. The molecule has 0 radical (unpaired) electrons. The second-order valence-corrected chi connectivity index (χ2v) is 7.58. The summed E-state index contributed by atoms with van der Waals surface area (Å²) < 4.78 is 24.9. The summed E-state index contributed by atoms with van der Waals surface area (Å²) >= 11 is 0. The van der Waals surface area contributed by atoms with E-state index in [4.69, 9.17) is 0 Å². The van der Waals surface area contributed by atoms with Crippen LogP contribution in [0.2, 0.25) is 0 Å². The fourth-order valence-electron chi connectivity index (χ4n) is 2.30. The topological polar surface area (TPSA) is 46.2 Å². The summed E-state index contributed by atoms with van der Waals surface area (Å²) in [6.45, 7) is 9.09. The van der Waals surface area contributed by atoms with Crippen LogP contribution in [0.25, 0.3) is 0 Å². The normalized spacial score (nSPS) is 13.7. The molecule has 0 bridgehead atoms. The molecule has 0 heterocycles. The third-order valence-electron chi connectivity index (χ3n) is 3.46. The maximum absolute atomic E-state index is 12.4. The van der Waals surface area contributed by atoms with Gasteiger partial charge in [0.05, 0.1) is 10.6 Å². The lowest BCUT2D eigenvalue weighted by Gasteiger charge is -2.17. The summed E-state index contributed by atoms with van der Waals surface area (Å²) in [7, 11) is -3.21. The van der Waals surface area contributed by atoms with Gasteiger partial charge in [-0.3, -0.25) is 0 Å². The number of rotatable bonds is 8. The van der Waals surface area contributed by atoms with E-state index < -0.39 is 9.84 Å². The van der Waals surface area contributed by atoms with Gasteiger partial charge in [0.25, 0.3) is 0 Å². The van der Waals surface area contributed by atoms with E-state index in [1.54, 1.807) is 12.1 Å². The minimum Gasteiger partial charge on any atom is -0.313 e. The summed E-state index contributed by atoms with van der Waals surface area (Å²) in [5.41, 5.74) is 1.17. The molecule has 0 aromatic heterocycles. The summed E-state index contributed by atoms with van der Waals surface area (Å²) in [6.07, 6.45) is 1.87. The highest BCUT2D eigenvalue weighted by atomic mass is 32.2. The lowest BCUT2D eigenvalue weighted by molar-refractivity contribution is 0.512. The summed E-state index contributed by atoms with van der Waals surface area (Å²) in [5.74, 6) is 0.594. The first-order valence-electron chi connectivity index (χ1n) is 7.46. The molecule has 0 spiro atoms. The molecule has 1 unspecified atom stereocenters. The van der Waals surface area contributed by atoms with Crippen LogP contribution in [0.3, 0.4) is 0 Å². The van der Waals surface area contributed by atoms with E-state index in [0.29, 0.717) is 10.8 Å². The Morgan fingerprint density at radius 1 is 1.10 bits per heavy atom. The van der Waals surface area contributed by atoms with Crippen LogP contribution in [0, 0.1) is 0 Å². The maximum atomic E-state index is 12.4. The third kappa shape index (κ3) is 4.91. The lowest BCUT2D eigenvalue weighted by atomic mass is 10.0.